The molecular weight excluding hydrogens is 276 g/mol. The lowest BCUT2D eigenvalue weighted by atomic mass is 9.67. The van der Waals surface area contributed by atoms with Crippen molar-refractivity contribution in [3.8, 4) is 0 Å². The Labute approximate surface area is 140 Å². The van der Waals surface area contributed by atoms with E-state index in [9.17, 15) is 0 Å². The van der Waals surface area contributed by atoms with Gasteiger partial charge in [-0.05, 0) is 78.5 Å². The molecule has 2 aromatic carbocycles. The molecule has 0 saturated carbocycles. The van der Waals surface area contributed by atoms with Crippen molar-refractivity contribution in [1.29, 1.82) is 0 Å². The summed E-state index contributed by atoms with van der Waals surface area (Å²) in [5.74, 6) is 2.69. The molecule has 0 N–H and O–H groups in total. The van der Waals surface area contributed by atoms with E-state index in [2.05, 4.69) is 55.5 Å². The normalized spacial score (nSPS) is 24.6. The van der Waals surface area contributed by atoms with Crippen LogP contribution in [-0.2, 0) is 25.7 Å². The summed E-state index contributed by atoms with van der Waals surface area (Å²) in [6.07, 6.45) is 9.35. The topological polar surface area (TPSA) is 0 Å². The minimum Gasteiger partial charge on any atom is -0.0651 e. The lowest BCUT2D eigenvalue weighted by Gasteiger charge is -2.38. The van der Waals surface area contributed by atoms with Gasteiger partial charge in [-0.25, -0.2) is 0 Å². The van der Waals surface area contributed by atoms with Crippen LogP contribution < -0.4 is 0 Å². The Morgan fingerprint density at radius 1 is 0.739 bits per heavy atom. The van der Waals surface area contributed by atoms with E-state index in [1.807, 2.05) is 0 Å². The van der Waals surface area contributed by atoms with Gasteiger partial charge in [0.25, 0.3) is 0 Å². The average molecular weight is 304 g/mol. The summed E-state index contributed by atoms with van der Waals surface area (Å²) in [5.41, 5.74) is 6.46. The molecule has 23 heavy (non-hydrogen) atoms. The van der Waals surface area contributed by atoms with Gasteiger partial charge in [-0.3, -0.25) is 0 Å². The summed E-state index contributed by atoms with van der Waals surface area (Å²) in [6.45, 7) is 2.42. The molecule has 2 aliphatic carbocycles. The standard InChI is InChI=1S/C23H28/c1-2-23(21-13-11-17-7-3-5-9-19(17)15-21)22-14-12-18-8-4-6-10-20(18)16-22/h3-10,21-23H,2,11-16H2,1H3. The molecule has 2 aromatic rings. The van der Waals surface area contributed by atoms with Crippen molar-refractivity contribution in [2.24, 2.45) is 17.8 Å². The zero-order valence-electron chi connectivity index (χ0n) is 14.3. The van der Waals surface area contributed by atoms with Crippen molar-refractivity contribution >= 4 is 0 Å². The third kappa shape index (κ3) is 2.96. The van der Waals surface area contributed by atoms with Crippen LogP contribution in [0.4, 0.5) is 0 Å². The smallest absolute Gasteiger partial charge is 0.0245 e. The van der Waals surface area contributed by atoms with Gasteiger partial charge in [0.2, 0.25) is 0 Å². The lowest BCUT2D eigenvalue weighted by Crippen LogP contribution is -2.31. The lowest BCUT2D eigenvalue weighted by molar-refractivity contribution is 0.183. The van der Waals surface area contributed by atoms with E-state index >= 15 is 0 Å². The molecule has 2 unspecified atom stereocenters. The Hall–Kier alpha value is -1.56. The number of rotatable bonds is 3. The second-order valence-electron chi connectivity index (χ2n) is 7.62. The summed E-state index contributed by atoms with van der Waals surface area (Å²) in [7, 11) is 0. The molecule has 0 saturated heterocycles. The molecule has 0 fully saturated rings. The van der Waals surface area contributed by atoms with Crippen LogP contribution in [0.3, 0.4) is 0 Å². The first-order valence-corrected chi connectivity index (χ1v) is 9.48. The maximum atomic E-state index is 2.42. The van der Waals surface area contributed by atoms with Gasteiger partial charge in [-0.1, -0.05) is 61.9 Å². The summed E-state index contributed by atoms with van der Waals surface area (Å²) in [5, 5.41) is 0. The summed E-state index contributed by atoms with van der Waals surface area (Å²) in [6, 6.07) is 18.3. The van der Waals surface area contributed by atoms with Gasteiger partial charge < -0.3 is 0 Å². The van der Waals surface area contributed by atoms with Gasteiger partial charge in [0, 0.05) is 0 Å². The maximum Gasteiger partial charge on any atom is -0.0245 e. The van der Waals surface area contributed by atoms with E-state index in [0.717, 1.165) is 17.8 Å². The van der Waals surface area contributed by atoms with Crippen LogP contribution in [0.15, 0.2) is 48.5 Å². The number of benzene rings is 2. The van der Waals surface area contributed by atoms with Crippen LogP contribution in [0.25, 0.3) is 0 Å². The zero-order chi connectivity index (χ0) is 15.6. The van der Waals surface area contributed by atoms with Crippen LogP contribution in [0.5, 0.6) is 0 Å². The Morgan fingerprint density at radius 2 is 1.17 bits per heavy atom. The second kappa shape index (κ2) is 6.51. The highest BCUT2D eigenvalue weighted by Gasteiger charge is 2.32. The minimum absolute atomic E-state index is 0.894. The van der Waals surface area contributed by atoms with Gasteiger partial charge in [0.05, 0.1) is 0 Å². The van der Waals surface area contributed by atoms with Gasteiger partial charge >= 0.3 is 0 Å². The van der Waals surface area contributed by atoms with Crippen LogP contribution in [0.1, 0.15) is 48.4 Å². The molecule has 0 spiro atoms. The molecule has 0 aliphatic heterocycles. The van der Waals surface area contributed by atoms with Crippen molar-refractivity contribution in [2.75, 3.05) is 0 Å². The molecule has 0 radical (unpaired) electrons. The Kier molecular flexibility index (Phi) is 4.25. The fraction of sp³-hybridized carbons (Fsp3) is 0.478. The van der Waals surface area contributed by atoms with Gasteiger partial charge in [-0.15, -0.1) is 0 Å². The molecule has 120 valence electrons. The van der Waals surface area contributed by atoms with E-state index in [4.69, 9.17) is 0 Å². The SMILES string of the molecule is CCC(C1CCc2ccccc2C1)C1CCc2ccccc2C1. The van der Waals surface area contributed by atoms with E-state index in [1.165, 1.54) is 44.9 Å². The number of aryl methyl sites for hydroxylation is 2. The number of fused-ring (bicyclic) bond motifs is 2. The predicted molar refractivity (Wildman–Crippen MR) is 97.7 cm³/mol. The summed E-state index contributed by atoms with van der Waals surface area (Å²) in [4.78, 5) is 0. The fourth-order valence-electron chi connectivity index (χ4n) is 5.23. The molecule has 4 rings (SSSR count). The van der Waals surface area contributed by atoms with Crippen molar-refractivity contribution in [3.05, 3.63) is 70.8 Å². The monoisotopic (exact) mass is 304 g/mol. The zero-order valence-corrected chi connectivity index (χ0v) is 14.3. The second-order valence-corrected chi connectivity index (χ2v) is 7.62. The Balaban J connectivity index is 1.52. The van der Waals surface area contributed by atoms with E-state index < -0.39 is 0 Å². The van der Waals surface area contributed by atoms with Crippen molar-refractivity contribution in [2.45, 2.75) is 51.9 Å². The quantitative estimate of drug-likeness (QED) is 0.690. The predicted octanol–water partition coefficient (Wildman–Crippen LogP) is 5.62. The molecule has 0 bridgehead atoms. The first kappa shape index (κ1) is 15.0. The summed E-state index contributed by atoms with van der Waals surface area (Å²) < 4.78 is 0. The van der Waals surface area contributed by atoms with Crippen LogP contribution >= 0.6 is 0 Å². The molecule has 0 nitrogen and oxygen atoms in total. The molecule has 0 heterocycles. The fourth-order valence-corrected chi connectivity index (χ4v) is 5.23. The molecule has 0 aromatic heterocycles. The van der Waals surface area contributed by atoms with Crippen LogP contribution in [0.2, 0.25) is 0 Å². The molecule has 0 heteroatoms. The average Bonchev–Trinajstić information content (AvgIpc) is 2.62. The van der Waals surface area contributed by atoms with E-state index in [0.29, 0.717) is 0 Å². The van der Waals surface area contributed by atoms with Crippen LogP contribution in [-0.4, -0.2) is 0 Å². The first-order chi connectivity index (χ1) is 11.3. The molecule has 2 aliphatic rings. The third-order valence-corrected chi connectivity index (χ3v) is 6.45. The van der Waals surface area contributed by atoms with Gasteiger partial charge in [-0.2, -0.15) is 0 Å². The minimum atomic E-state index is 0.894. The highest BCUT2D eigenvalue weighted by Crippen LogP contribution is 2.40. The summed E-state index contributed by atoms with van der Waals surface area (Å²) >= 11 is 0. The van der Waals surface area contributed by atoms with Gasteiger partial charge in [0.1, 0.15) is 0 Å². The van der Waals surface area contributed by atoms with E-state index in [1.54, 1.807) is 22.3 Å². The Bertz CT molecular complexity index is 612. The molecule has 0 amide bonds. The van der Waals surface area contributed by atoms with Gasteiger partial charge in [0.15, 0.2) is 0 Å². The number of hydrogen-bond donors (Lipinski definition) is 0. The van der Waals surface area contributed by atoms with Crippen molar-refractivity contribution in [3.63, 3.8) is 0 Å². The van der Waals surface area contributed by atoms with Crippen molar-refractivity contribution < 1.29 is 0 Å². The highest BCUT2D eigenvalue weighted by atomic mass is 14.4. The third-order valence-electron chi connectivity index (χ3n) is 6.45. The molecule has 2 atom stereocenters. The first-order valence-electron chi connectivity index (χ1n) is 9.48. The highest BCUT2D eigenvalue weighted by molar-refractivity contribution is 5.31. The molecular formula is C23H28. The Morgan fingerprint density at radius 3 is 1.61 bits per heavy atom. The van der Waals surface area contributed by atoms with Crippen molar-refractivity contribution in [1.82, 2.24) is 0 Å². The van der Waals surface area contributed by atoms with Crippen LogP contribution in [0, 0.1) is 17.8 Å². The largest absolute Gasteiger partial charge is 0.0651 e. The number of hydrogen-bond acceptors (Lipinski definition) is 0. The maximum absolute atomic E-state index is 2.42. The van der Waals surface area contributed by atoms with E-state index in [-0.39, 0.29) is 0 Å².